The van der Waals surface area contributed by atoms with Gasteiger partial charge in [0.1, 0.15) is 11.0 Å². The fraction of sp³-hybridized carbons (Fsp3) is 0.154. The molecule has 2 nitrogen and oxygen atoms in total. The Labute approximate surface area is 111 Å². The van der Waals surface area contributed by atoms with Crippen LogP contribution < -0.4 is 5.32 Å². The number of rotatable bonds is 3. The topological polar surface area (TPSA) is 24.9 Å². The van der Waals surface area contributed by atoms with E-state index in [2.05, 4.69) is 10.3 Å². The van der Waals surface area contributed by atoms with Crippen molar-refractivity contribution in [3.05, 3.63) is 57.7 Å². The molecule has 0 radical (unpaired) electrons. The molecule has 2 rings (SSSR count). The molecule has 0 saturated carbocycles. The molecular weight excluding hydrogens is 255 g/mol. The van der Waals surface area contributed by atoms with Crippen molar-refractivity contribution in [3.8, 4) is 0 Å². The van der Waals surface area contributed by atoms with Crippen molar-refractivity contribution in [1.29, 1.82) is 0 Å². The molecule has 1 aromatic carbocycles. The van der Waals surface area contributed by atoms with Gasteiger partial charge in [-0.2, -0.15) is 0 Å². The number of hydrogen-bond donors (Lipinski definition) is 1. The van der Waals surface area contributed by atoms with Crippen LogP contribution in [0.1, 0.15) is 11.1 Å². The lowest BCUT2D eigenvalue weighted by molar-refractivity contribution is 1.09. The Bertz CT molecular complexity index is 527. The van der Waals surface area contributed by atoms with E-state index in [1.807, 2.05) is 37.3 Å². The van der Waals surface area contributed by atoms with E-state index in [1.54, 1.807) is 6.07 Å². The van der Waals surface area contributed by atoms with Crippen molar-refractivity contribution in [2.45, 2.75) is 13.5 Å². The molecule has 0 atom stereocenters. The van der Waals surface area contributed by atoms with Gasteiger partial charge in [-0.25, -0.2) is 4.98 Å². The molecule has 0 amide bonds. The number of anilines is 1. The average Bonchev–Trinajstić information content (AvgIpc) is 2.28. The zero-order valence-corrected chi connectivity index (χ0v) is 10.9. The molecule has 17 heavy (non-hydrogen) atoms. The first kappa shape index (κ1) is 12.2. The number of nitrogens with zero attached hydrogens (tertiary/aromatic N) is 1. The van der Waals surface area contributed by atoms with E-state index in [4.69, 9.17) is 23.2 Å². The normalized spacial score (nSPS) is 10.3. The molecule has 4 heteroatoms. The second-order valence-corrected chi connectivity index (χ2v) is 4.59. The monoisotopic (exact) mass is 266 g/mol. The summed E-state index contributed by atoms with van der Waals surface area (Å²) in [5.74, 6) is 0.770. The summed E-state index contributed by atoms with van der Waals surface area (Å²) in [6.45, 7) is 2.74. The molecule has 0 aliphatic rings. The first-order valence-electron chi connectivity index (χ1n) is 5.26. The molecule has 1 aromatic heterocycles. The Balaban J connectivity index is 2.07. The Kier molecular flexibility index (Phi) is 3.87. The number of nitrogens with one attached hydrogen (secondary N) is 1. The summed E-state index contributed by atoms with van der Waals surface area (Å²) in [6.07, 6.45) is 0. The lowest BCUT2D eigenvalue weighted by atomic mass is 10.1. The summed E-state index contributed by atoms with van der Waals surface area (Å²) in [7, 11) is 0. The van der Waals surface area contributed by atoms with E-state index in [9.17, 15) is 0 Å². The molecule has 2 aromatic rings. The van der Waals surface area contributed by atoms with Crippen molar-refractivity contribution in [2.24, 2.45) is 0 Å². The molecule has 0 fully saturated rings. The number of pyridine rings is 1. The lowest BCUT2D eigenvalue weighted by Crippen LogP contribution is -2.02. The molecular formula is C13H12Cl2N2. The third-order valence-corrected chi connectivity index (χ3v) is 2.93. The molecule has 0 aliphatic carbocycles. The molecule has 1 heterocycles. The van der Waals surface area contributed by atoms with Crippen LogP contribution in [0.25, 0.3) is 0 Å². The van der Waals surface area contributed by atoms with Gasteiger partial charge in [-0.3, -0.25) is 0 Å². The van der Waals surface area contributed by atoms with Crippen LogP contribution in [0.4, 0.5) is 5.82 Å². The van der Waals surface area contributed by atoms with Crippen molar-refractivity contribution in [1.82, 2.24) is 4.98 Å². The van der Waals surface area contributed by atoms with Crippen molar-refractivity contribution in [3.63, 3.8) is 0 Å². The van der Waals surface area contributed by atoms with Gasteiger partial charge in [-0.1, -0.05) is 35.3 Å². The lowest BCUT2D eigenvalue weighted by Gasteiger charge is -2.08. The second kappa shape index (κ2) is 5.39. The van der Waals surface area contributed by atoms with E-state index in [0.29, 0.717) is 11.7 Å². The molecule has 88 valence electrons. The highest BCUT2D eigenvalue weighted by Crippen LogP contribution is 2.17. The van der Waals surface area contributed by atoms with Gasteiger partial charge in [-0.05, 0) is 42.3 Å². The third kappa shape index (κ3) is 3.35. The Morgan fingerprint density at radius 3 is 2.71 bits per heavy atom. The molecule has 0 unspecified atom stereocenters. The van der Waals surface area contributed by atoms with Crippen LogP contribution in [0.2, 0.25) is 10.2 Å². The molecule has 0 aliphatic heterocycles. The summed E-state index contributed by atoms with van der Waals surface area (Å²) in [4.78, 5) is 4.16. The van der Waals surface area contributed by atoms with E-state index in [1.165, 1.54) is 5.56 Å². The first-order valence-corrected chi connectivity index (χ1v) is 6.02. The van der Waals surface area contributed by atoms with Gasteiger partial charge in [0.05, 0.1) is 0 Å². The number of halogens is 2. The maximum atomic E-state index is 5.90. The highest BCUT2D eigenvalue weighted by Gasteiger charge is 2.00. The van der Waals surface area contributed by atoms with Gasteiger partial charge in [0.15, 0.2) is 0 Å². The van der Waals surface area contributed by atoms with Gasteiger partial charge < -0.3 is 5.32 Å². The second-order valence-electron chi connectivity index (χ2n) is 3.77. The van der Waals surface area contributed by atoms with Gasteiger partial charge in [0.25, 0.3) is 0 Å². The van der Waals surface area contributed by atoms with Crippen LogP contribution in [-0.4, -0.2) is 4.98 Å². The van der Waals surface area contributed by atoms with E-state index in [0.717, 1.165) is 16.4 Å². The van der Waals surface area contributed by atoms with Crippen molar-refractivity contribution in [2.75, 3.05) is 5.32 Å². The largest absolute Gasteiger partial charge is 0.366 e. The number of benzene rings is 1. The molecule has 0 saturated heterocycles. The SMILES string of the molecule is Cc1cc(Cl)ccc1CNc1cccc(Cl)n1. The Morgan fingerprint density at radius 1 is 1.18 bits per heavy atom. The maximum Gasteiger partial charge on any atom is 0.131 e. The third-order valence-electron chi connectivity index (χ3n) is 2.48. The maximum absolute atomic E-state index is 5.90. The highest BCUT2D eigenvalue weighted by atomic mass is 35.5. The fourth-order valence-electron chi connectivity index (χ4n) is 1.55. The van der Waals surface area contributed by atoms with Crippen LogP contribution in [-0.2, 0) is 6.54 Å². The van der Waals surface area contributed by atoms with Gasteiger partial charge >= 0.3 is 0 Å². The minimum absolute atomic E-state index is 0.489. The summed E-state index contributed by atoms with van der Waals surface area (Å²) in [5.41, 5.74) is 2.35. The van der Waals surface area contributed by atoms with Gasteiger partial charge in [-0.15, -0.1) is 0 Å². The van der Waals surface area contributed by atoms with Crippen molar-refractivity contribution >= 4 is 29.0 Å². The van der Waals surface area contributed by atoms with Crippen LogP contribution >= 0.6 is 23.2 Å². The van der Waals surface area contributed by atoms with Crippen LogP contribution in [0.15, 0.2) is 36.4 Å². The smallest absolute Gasteiger partial charge is 0.131 e. The Hall–Kier alpha value is -1.25. The summed E-state index contributed by atoms with van der Waals surface area (Å²) in [5, 5.41) is 4.47. The minimum Gasteiger partial charge on any atom is -0.366 e. The number of aryl methyl sites for hydroxylation is 1. The van der Waals surface area contributed by atoms with Crippen LogP contribution in [0.5, 0.6) is 0 Å². The quantitative estimate of drug-likeness (QED) is 0.838. The standard InChI is InChI=1S/C13H12Cl2N2/c1-9-7-11(14)6-5-10(9)8-16-13-4-2-3-12(15)17-13/h2-7H,8H2,1H3,(H,16,17). The van der Waals surface area contributed by atoms with Gasteiger partial charge in [0.2, 0.25) is 0 Å². The van der Waals surface area contributed by atoms with Gasteiger partial charge in [0, 0.05) is 11.6 Å². The van der Waals surface area contributed by atoms with Crippen LogP contribution in [0.3, 0.4) is 0 Å². The highest BCUT2D eigenvalue weighted by molar-refractivity contribution is 6.30. The Morgan fingerprint density at radius 2 is 2.00 bits per heavy atom. The summed E-state index contributed by atoms with van der Waals surface area (Å²) in [6, 6.07) is 11.3. The first-order chi connectivity index (χ1) is 8.15. The van der Waals surface area contributed by atoms with Crippen molar-refractivity contribution < 1.29 is 0 Å². The average molecular weight is 267 g/mol. The van der Waals surface area contributed by atoms with E-state index < -0.39 is 0 Å². The van der Waals surface area contributed by atoms with E-state index in [-0.39, 0.29) is 0 Å². The predicted octanol–water partition coefficient (Wildman–Crippen LogP) is 4.31. The molecule has 0 bridgehead atoms. The van der Waals surface area contributed by atoms with Crippen LogP contribution in [0, 0.1) is 6.92 Å². The molecule has 1 N–H and O–H groups in total. The fourth-order valence-corrected chi connectivity index (χ4v) is 1.94. The minimum atomic E-state index is 0.489. The number of hydrogen-bond acceptors (Lipinski definition) is 2. The summed E-state index contributed by atoms with van der Waals surface area (Å²) >= 11 is 11.7. The van der Waals surface area contributed by atoms with E-state index >= 15 is 0 Å². The predicted molar refractivity (Wildman–Crippen MR) is 72.8 cm³/mol. The molecule has 0 spiro atoms. The zero-order valence-electron chi connectivity index (χ0n) is 9.37. The number of aromatic nitrogens is 1. The zero-order chi connectivity index (χ0) is 12.3. The summed E-state index contributed by atoms with van der Waals surface area (Å²) < 4.78 is 0.